The van der Waals surface area contributed by atoms with Crippen LogP contribution in [0.3, 0.4) is 0 Å². The smallest absolute Gasteiger partial charge is 0.226 e. The molecule has 1 unspecified atom stereocenters. The van der Waals surface area contributed by atoms with Crippen molar-refractivity contribution < 1.29 is 4.79 Å². The van der Waals surface area contributed by atoms with Crippen LogP contribution >= 0.6 is 0 Å². The van der Waals surface area contributed by atoms with E-state index in [-0.39, 0.29) is 16.9 Å². The summed E-state index contributed by atoms with van der Waals surface area (Å²) in [6, 6.07) is 0. The van der Waals surface area contributed by atoms with Gasteiger partial charge in [-0.2, -0.15) is 0 Å². The standard InChI is InChI=1S/C11H20N2O/c1-10(5-6-10)9(14)12-8-11(2)4-3-7-13-11/h13H,3-8H2,1-2H3,(H,12,14). The molecule has 1 aliphatic heterocycles. The molecule has 3 nitrogen and oxygen atoms in total. The lowest BCUT2D eigenvalue weighted by molar-refractivity contribution is -0.126. The summed E-state index contributed by atoms with van der Waals surface area (Å²) in [6.45, 7) is 6.10. The molecule has 2 rings (SSSR count). The highest BCUT2D eigenvalue weighted by molar-refractivity contribution is 5.84. The molecule has 1 saturated carbocycles. The number of carbonyl (C=O) groups excluding carboxylic acids is 1. The van der Waals surface area contributed by atoms with Crippen LogP contribution in [-0.2, 0) is 4.79 Å². The van der Waals surface area contributed by atoms with Crippen molar-refractivity contribution in [2.75, 3.05) is 13.1 Å². The molecular formula is C11H20N2O. The maximum absolute atomic E-state index is 11.7. The predicted octanol–water partition coefficient (Wildman–Crippen LogP) is 1.04. The fourth-order valence-corrected chi connectivity index (χ4v) is 2.01. The van der Waals surface area contributed by atoms with Crippen molar-refractivity contribution in [3.8, 4) is 0 Å². The lowest BCUT2D eigenvalue weighted by Gasteiger charge is -2.25. The normalized spacial score (nSPS) is 34.1. The quantitative estimate of drug-likeness (QED) is 0.708. The molecule has 0 spiro atoms. The molecule has 1 atom stereocenters. The summed E-state index contributed by atoms with van der Waals surface area (Å²) in [5, 5.41) is 6.51. The topological polar surface area (TPSA) is 41.1 Å². The van der Waals surface area contributed by atoms with Gasteiger partial charge < -0.3 is 10.6 Å². The van der Waals surface area contributed by atoms with Crippen LogP contribution in [0.5, 0.6) is 0 Å². The van der Waals surface area contributed by atoms with Gasteiger partial charge in [0.15, 0.2) is 0 Å². The number of rotatable bonds is 3. The van der Waals surface area contributed by atoms with Gasteiger partial charge >= 0.3 is 0 Å². The van der Waals surface area contributed by atoms with Gasteiger partial charge in [0.05, 0.1) is 0 Å². The first-order chi connectivity index (χ1) is 6.54. The SMILES string of the molecule is CC1(CNC(=O)C2(C)CC2)CCCN1. The van der Waals surface area contributed by atoms with E-state index in [9.17, 15) is 4.79 Å². The second kappa shape index (κ2) is 3.23. The maximum atomic E-state index is 11.7. The van der Waals surface area contributed by atoms with Gasteiger partial charge in [0.2, 0.25) is 5.91 Å². The van der Waals surface area contributed by atoms with Crippen molar-refractivity contribution >= 4 is 5.91 Å². The molecule has 3 heteroatoms. The lowest BCUT2D eigenvalue weighted by atomic mass is 10.00. The largest absolute Gasteiger partial charge is 0.354 e. The van der Waals surface area contributed by atoms with Crippen LogP contribution in [0.25, 0.3) is 0 Å². The monoisotopic (exact) mass is 196 g/mol. The molecule has 14 heavy (non-hydrogen) atoms. The Morgan fingerprint density at radius 3 is 2.57 bits per heavy atom. The Balaban J connectivity index is 1.79. The van der Waals surface area contributed by atoms with Crippen LogP contribution in [-0.4, -0.2) is 24.5 Å². The molecule has 2 fully saturated rings. The van der Waals surface area contributed by atoms with E-state index in [0.717, 1.165) is 25.9 Å². The first-order valence-corrected chi connectivity index (χ1v) is 5.58. The molecule has 1 saturated heterocycles. The summed E-state index contributed by atoms with van der Waals surface area (Å²) in [4.78, 5) is 11.7. The van der Waals surface area contributed by atoms with Gasteiger partial charge in [-0.05, 0) is 39.2 Å². The van der Waals surface area contributed by atoms with Crippen molar-refractivity contribution in [3.63, 3.8) is 0 Å². The Hall–Kier alpha value is -0.570. The first-order valence-electron chi connectivity index (χ1n) is 5.58. The zero-order chi connectivity index (χ0) is 10.2. The Labute approximate surface area is 85.6 Å². The summed E-state index contributed by atoms with van der Waals surface area (Å²) in [6.07, 6.45) is 4.51. The van der Waals surface area contributed by atoms with Gasteiger partial charge in [0, 0.05) is 17.5 Å². The molecule has 0 aromatic carbocycles. The number of nitrogens with one attached hydrogen (secondary N) is 2. The van der Waals surface area contributed by atoms with Crippen LogP contribution in [0.2, 0.25) is 0 Å². The van der Waals surface area contributed by atoms with E-state index in [0.29, 0.717) is 0 Å². The molecular weight excluding hydrogens is 176 g/mol. The molecule has 1 amide bonds. The third-order valence-corrected chi connectivity index (χ3v) is 3.64. The fourth-order valence-electron chi connectivity index (χ4n) is 2.01. The van der Waals surface area contributed by atoms with E-state index in [2.05, 4.69) is 17.6 Å². The minimum atomic E-state index is -0.0328. The molecule has 1 heterocycles. The van der Waals surface area contributed by atoms with Crippen molar-refractivity contribution in [2.24, 2.45) is 5.41 Å². The Morgan fingerprint density at radius 2 is 2.07 bits per heavy atom. The Morgan fingerprint density at radius 1 is 1.36 bits per heavy atom. The van der Waals surface area contributed by atoms with Crippen LogP contribution in [0.15, 0.2) is 0 Å². The van der Waals surface area contributed by atoms with Crippen LogP contribution in [0, 0.1) is 5.41 Å². The number of amides is 1. The molecule has 2 aliphatic rings. The van der Waals surface area contributed by atoms with Gasteiger partial charge in [-0.1, -0.05) is 6.92 Å². The zero-order valence-corrected chi connectivity index (χ0v) is 9.15. The first kappa shape index (κ1) is 9.97. The van der Waals surface area contributed by atoms with Gasteiger partial charge in [-0.3, -0.25) is 4.79 Å². The second-order valence-electron chi connectivity index (χ2n) is 5.33. The van der Waals surface area contributed by atoms with Gasteiger partial charge in [-0.15, -0.1) is 0 Å². The predicted molar refractivity (Wildman–Crippen MR) is 56.0 cm³/mol. The molecule has 0 aromatic heterocycles. The summed E-state index contributed by atoms with van der Waals surface area (Å²) < 4.78 is 0. The van der Waals surface area contributed by atoms with Gasteiger partial charge in [0.25, 0.3) is 0 Å². The van der Waals surface area contributed by atoms with E-state index in [1.165, 1.54) is 12.8 Å². The summed E-state index contributed by atoms with van der Waals surface area (Å²) >= 11 is 0. The van der Waals surface area contributed by atoms with E-state index in [1.807, 2.05) is 6.92 Å². The highest BCUT2D eigenvalue weighted by atomic mass is 16.2. The molecule has 2 N–H and O–H groups in total. The van der Waals surface area contributed by atoms with E-state index < -0.39 is 0 Å². The minimum Gasteiger partial charge on any atom is -0.354 e. The third kappa shape index (κ3) is 1.92. The lowest BCUT2D eigenvalue weighted by Crippen LogP contribution is -2.48. The van der Waals surface area contributed by atoms with Gasteiger partial charge in [0.1, 0.15) is 0 Å². The molecule has 80 valence electrons. The molecule has 0 radical (unpaired) electrons. The average Bonchev–Trinajstić information content (AvgIpc) is 2.75. The molecule has 0 bridgehead atoms. The Kier molecular flexibility index (Phi) is 2.30. The number of hydrogen-bond donors (Lipinski definition) is 2. The van der Waals surface area contributed by atoms with Crippen LogP contribution < -0.4 is 10.6 Å². The average molecular weight is 196 g/mol. The van der Waals surface area contributed by atoms with Gasteiger partial charge in [-0.25, -0.2) is 0 Å². The molecule has 0 aromatic rings. The fraction of sp³-hybridized carbons (Fsp3) is 0.909. The minimum absolute atomic E-state index is 0.0328. The molecule has 1 aliphatic carbocycles. The highest BCUT2D eigenvalue weighted by Gasteiger charge is 2.45. The zero-order valence-electron chi connectivity index (χ0n) is 9.15. The van der Waals surface area contributed by atoms with Crippen molar-refractivity contribution in [2.45, 2.75) is 45.1 Å². The third-order valence-electron chi connectivity index (χ3n) is 3.64. The number of hydrogen-bond acceptors (Lipinski definition) is 2. The van der Waals surface area contributed by atoms with E-state index >= 15 is 0 Å². The summed E-state index contributed by atoms with van der Waals surface area (Å²) in [5.74, 6) is 0.243. The summed E-state index contributed by atoms with van der Waals surface area (Å²) in [5.41, 5.74) is 0.107. The van der Waals surface area contributed by atoms with Crippen molar-refractivity contribution in [1.29, 1.82) is 0 Å². The second-order valence-corrected chi connectivity index (χ2v) is 5.33. The number of carbonyl (C=O) groups is 1. The van der Waals surface area contributed by atoms with Crippen molar-refractivity contribution in [3.05, 3.63) is 0 Å². The van der Waals surface area contributed by atoms with Crippen LogP contribution in [0.1, 0.15) is 39.5 Å². The van der Waals surface area contributed by atoms with Crippen LogP contribution in [0.4, 0.5) is 0 Å². The van der Waals surface area contributed by atoms with Crippen molar-refractivity contribution in [1.82, 2.24) is 10.6 Å². The summed E-state index contributed by atoms with van der Waals surface area (Å²) in [7, 11) is 0. The van der Waals surface area contributed by atoms with E-state index in [1.54, 1.807) is 0 Å². The Bertz CT molecular complexity index is 240. The highest BCUT2D eigenvalue weighted by Crippen LogP contribution is 2.45. The van der Waals surface area contributed by atoms with E-state index in [4.69, 9.17) is 0 Å². The maximum Gasteiger partial charge on any atom is 0.226 e.